The van der Waals surface area contributed by atoms with Crippen molar-refractivity contribution in [1.29, 1.82) is 0 Å². The minimum atomic E-state index is -3.75. The molecule has 1 rings (SSSR count). The second-order valence-electron chi connectivity index (χ2n) is 4.36. The Morgan fingerprint density at radius 1 is 1.53 bits per heavy atom. The predicted octanol–water partition coefficient (Wildman–Crippen LogP) is -0.00740. The van der Waals surface area contributed by atoms with Gasteiger partial charge in [0.2, 0.25) is 10.0 Å². The van der Waals surface area contributed by atoms with Crippen LogP contribution in [0.4, 0.5) is 0 Å². The zero-order valence-electron chi connectivity index (χ0n) is 10.0. The van der Waals surface area contributed by atoms with Gasteiger partial charge in [-0.25, -0.2) is 8.42 Å². The van der Waals surface area contributed by atoms with Crippen molar-refractivity contribution in [3.63, 3.8) is 0 Å². The normalized spacial score (nSPS) is 24.5. The number of sulfonamides is 1. The number of rotatable bonds is 5. The maximum Gasteiger partial charge on any atom is 0.323 e. The number of nitrogens with two attached hydrogens (primary N) is 1. The third-order valence-electron chi connectivity index (χ3n) is 3.19. The molecule has 100 valence electrons. The van der Waals surface area contributed by atoms with E-state index in [0.29, 0.717) is 19.5 Å². The van der Waals surface area contributed by atoms with Crippen LogP contribution in [0, 0.1) is 0 Å². The van der Waals surface area contributed by atoms with Gasteiger partial charge in [0, 0.05) is 12.6 Å². The molecular weight excluding hydrogens is 244 g/mol. The number of carboxylic acids is 1. The Labute approximate surface area is 102 Å². The molecule has 1 aliphatic heterocycles. The first-order valence-corrected chi connectivity index (χ1v) is 7.35. The lowest BCUT2D eigenvalue weighted by Crippen LogP contribution is -2.49. The molecule has 7 heteroatoms. The van der Waals surface area contributed by atoms with E-state index in [1.807, 2.05) is 0 Å². The molecule has 17 heavy (non-hydrogen) atoms. The van der Waals surface area contributed by atoms with Gasteiger partial charge in [-0.2, -0.15) is 4.31 Å². The highest BCUT2D eigenvalue weighted by Gasteiger charge is 2.38. The lowest BCUT2D eigenvalue weighted by atomic mass is 10.0. The largest absolute Gasteiger partial charge is 0.480 e. The maximum atomic E-state index is 12.1. The lowest BCUT2D eigenvalue weighted by molar-refractivity contribution is -0.136. The van der Waals surface area contributed by atoms with Crippen molar-refractivity contribution in [2.75, 3.05) is 13.1 Å². The zero-order valence-corrected chi connectivity index (χ0v) is 10.8. The quantitative estimate of drug-likeness (QED) is 0.727. The maximum absolute atomic E-state index is 12.1. The summed E-state index contributed by atoms with van der Waals surface area (Å²) >= 11 is 0. The van der Waals surface area contributed by atoms with E-state index >= 15 is 0 Å². The fourth-order valence-electron chi connectivity index (χ4n) is 2.12. The molecule has 1 saturated heterocycles. The van der Waals surface area contributed by atoms with E-state index < -0.39 is 21.2 Å². The second-order valence-corrected chi connectivity index (χ2v) is 6.57. The minimum Gasteiger partial charge on any atom is -0.480 e. The third-order valence-corrected chi connectivity index (χ3v) is 5.42. The van der Waals surface area contributed by atoms with Gasteiger partial charge in [-0.3, -0.25) is 4.79 Å². The number of hydrogen-bond acceptors (Lipinski definition) is 4. The molecule has 0 aromatic carbocycles. The van der Waals surface area contributed by atoms with Gasteiger partial charge in [0.1, 0.15) is 0 Å². The number of aliphatic carboxylic acids is 1. The first kappa shape index (κ1) is 14.4. The molecule has 0 aromatic heterocycles. The summed E-state index contributed by atoms with van der Waals surface area (Å²) in [5.74, 6) is -1.30. The Balaban J connectivity index is 2.90. The predicted molar refractivity (Wildman–Crippen MR) is 64.0 cm³/mol. The van der Waals surface area contributed by atoms with Crippen LogP contribution in [0.1, 0.15) is 32.6 Å². The van der Waals surface area contributed by atoms with Crippen molar-refractivity contribution in [3.8, 4) is 0 Å². The van der Waals surface area contributed by atoms with Crippen molar-refractivity contribution in [2.24, 2.45) is 5.73 Å². The van der Waals surface area contributed by atoms with Crippen molar-refractivity contribution in [3.05, 3.63) is 0 Å². The Bertz CT molecular complexity index is 367. The molecule has 0 spiro atoms. The molecule has 0 saturated carbocycles. The molecule has 1 fully saturated rings. The monoisotopic (exact) mass is 264 g/mol. The van der Waals surface area contributed by atoms with Gasteiger partial charge >= 0.3 is 5.97 Å². The summed E-state index contributed by atoms with van der Waals surface area (Å²) in [6, 6.07) is -0.138. The Morgan fingerprint density at radius 2 is 2.18 bits per heavy atom. The van der Waals surface area contributed by atoms with Crippen molar-refractivity contribution < 1.29 is 18.3 Å². The highest BCUT2D eigenvalue weighted by atomic mass is 32.2. The molecule has 2 unspecified atom stereocenters. The van der Waals surface area contributed by atoms with Gasteiger partial charge in [-0.05, 0) is 32.7 Å². The van der Waals surface area contributed by atoms with Crippen LogP contribution < -0.4 is 5.73 Å². The number of carbonyl (C=O) groups is 1. The van der Waals surface area contributed by atoms with Crippen LogP contribution in [0.15, 0.2) is 0 Å². The number of carboxylic acid groups (broad SMARTS) is 1. The van der Waals surface area contributed by atoms with Gasteiger partial charge in [-0.1, -0.05) is 6.42 Å². The van der Waals surface area contributed by atoms with Gasteiger partial charge in [-0.15, -0.1) is 0 Å². The fraction of sp³-hybridized carbons (Fsp3) is 0.900. The van der Waals surface area contributed by atoms with E-state index in [1.54, 1.807) is 0 Å². The first-order chi connectivity index (χ1) is 7.91. The van der Waals surface area contributed by atoms with Gasteiger partial charge < -0.3 is 10.8 Å². The van der Waals surface area contributed by atoms with Crippen LogP contribution in [-0.2, 0) is 14.8 Å². The molecular formula is C10H20N2O4S. The van der Waals surface area contributed by atoms with Crippen LogP contribution in [0.25, 0.3) is 0 Å². The molecule has 0 bridgehead atoms. The highest BCUT2D eigenvalue weighted by molar-refractivity contribution is 7.90. The summed E-state index contributed by atoms with van der Waals surface area (Å²) in [5, 5.41) is 7.45. The summed E-state index contributed by atoms with van der Waals surface area (Å²) in [5.41, 5.74) is 5.46. The fourth-order valence-corrected chi connectivity index (χ4v) is 3.79. The summed E-state index contributed by atoms with van der Waals surface area (Å²) in [7, 11) is -3.75. The van der Waals surface area contributed by atoms with Gasteiger partial charge in [0.25, 0.3) is 0 Å². The Kier molecular flexibility index (Phi) is 4.91. The summed E-state index contributed by atoms with van der Waals surface area (Å²) < 4.78 is 25.6. The number of hydrogen-bond donors (Lipinski definition) is 2. The van der Waals surface area contributed by atoms with E-state index in [0.717, 1.165) is 19.3 Å². The molecule has 0 aliphatic carbocycles. The summed E-state index contributed by atoms with van der Waals surface area (Å²) in [6.07, 6.45) is 3.11. The lowest BCUT2D eigenvalue weighted by Gasteiger charge is -2.35. The number of nitrogens with zero attached hydrogens (tertiary/aromatic N) is 1. The van der Waals surface area contributed by atoms with Crippen molar-refractivity contribution in [2.45, 2.75) is 43.9 Å². The average molecular weight is 264 g/mol. The van der Waals surface area contributed by atoms with Gasteiger partial charge in [0.05, 0.1) is 0 Å². The highest BCUT2D eigenvalue weighted by Crippen LogP contribution is 2.24. The van der Waals surface area contributed by atoms with Crippen LogP contribution in [0.3, 0.4) is 0 Å². The van der Waals surface area contributed by atoms with E-state index in [2.05, 4.69) is 0 Å². The molecule has 0 radical (unpaired) electrons. The number of piperidine rings is 1. The molecule has 1 heterocycles. The molecule has 1 aliphatic rings. The summed E-state index contributed by atoms with van der Waals surface area (Å²) in [6.45, 7) is 2.04. The summed E-state index contributed by atoms with van der Waals surface area (Å²) in [4.78, 5) is 10.8. The standard InChI is InChI=1S/C10H20N2O4S/c1-8(10(13)14)17(15,16)12-7-3-2-4-9(12)5-6-11/h8-9H,2-7,11H2,1H3,(H,13,14). The van der Waals surface area contributed by atoms with Crippen LogP contribution >= 0.6 is 0 Å². The Hall–Kier alpha value is -0.660. The van der Waals surface area contributed by atoms with E-state index in [-0.39, 0.29) is 6.04 Å². The van der Waals surface area contributed by atoms with Crippen molar-refractivity contribution in [1.82, 2.24) is 4.31 Å². The minimum absolute atomic E-state index is 0.138. The van der Waals surface area contributed by atoms with E-state index in [4.69, 9.17) is 10.8 Å². The molecule has 0 amide bonds. The smallest absolute Gasteiger partial charge is 0.323 e. The van der Waals surface area contributed by atoms with Crippen LogP contribution in [-0.4, -0.2) is 48.2 Å². The van der Waals surface area contributed by atoms with E-state index in [9.17, 15) is 13.2 Å². The Morgan fingerprint density at radius 3 is 2.71 bits per heavy atom. The molecule has 2 atom stereocenters. The van der Waals surface area contributed by atoms with Crippen LogP contribution in [0.5, 0.6) is 0 Å². The third kappa shape index (κ3) is 3.17. The van der Waals surface area contributed by atoms with Gasteiger partial charge in [0.15, 0.2) is 5.25 Å². The average Bonchev–Trinajstić information content (AvgIpc) is 2.29. The van der Waals surface area contributed by atoms with Crippen molar-refractivity contribution >= 4 is 16.0 Å². The van der Waals surface area contributed by atoms with Crippen LogP contribution in [0.2, 0.25) is 0 Å². The zero-order chi connectivity index (χ0) is 13.1. The molecule has 6 nitrogen and oxygen atoms in total. The molecule has 3 N–H and O–H groups in total. The molecule has 0 aromatic rings. The first-order valence-electron chi connectivity index (χ1n) is 5.84. The SMILES string of the molecule is CC(C(=O)O)S(=O)(=O)N1CCCCC1CCN. The van der Waals surface area contributed by atoms with E-state index in [1.165, 1.54) is 11.2 Å². The second kappa shape index (κ2) is 5.79. The topological polar surface area (TPSA) is 101 Å².